The molecule has 3 N–H and O–H groups in total. The summed E-state index contributed by atoms with van der Waals surface area (Å²) in [6.45, 7) is 3.80. The lowest BCUT2D eigenvalue weighted by molar-refractivity contribution is -0.709. The molecule has 2 aromatic carbocycles. The van der Waals surface area contributed by atoms with E-state index in [0.717, 1.165) is 5.56 Å². The van der Waals surface area contributed by atoms with E-state index in [1.165, 1.54) is 18.2 Å². The highest BCUT2D eigenvalue weighted by atomic mass is 35.5. The Labute approximate surface area is 144 Å². The zero-order chi connectivity index (χ0) is 17.0. The van der Waals surface area contributed by atoms with E-state index in [1.807, 2.05) is 36.5 Å². The monoisotopic (exact) mass is 355 g/mol. The molecule has 0 fully saturated rings. The van der Waals surface area contributed by atoms with E-state index in [9.17, 15) is 9.18 Å². The van der Waals surface area contributed by atoms with Crippen molar-refractivity contribution in [1.29, 1.82) is 0 Å². The zero-order valence-electron chi connectivity index (χ0n) is 12.8. The summed E-state index contributed by atoms with van der Waals surface area (Å²) in [5, 5.41) is 5.48. The predicted molar refractivity (Wildman–Crippen MR) is 91.3 cm³/mol. The zero-order valence-corrected chi connectivity index (χ0v) is 14.3. The van der Waals surface area contributed by atoms with Gasteiger partial charge in [0.2, 0.25) is 0 Å². The molecule has 3 nitrogen and oxygen atoms in total. The van der Waals surface area contributed by atoms with E-state index in [-0.39, 0.29) is 23.0 Å². The molecule has 23 heavy (non-hydrogen) atoms. The molecule has 2 rings (SSSR count). The van der Waals surface area contributed by atoms with Gasteiger partial charge in [0.15, 0.2) is 6.04 Å². The lowest BCUT2D eigenvalue weighted by atomic mass is 10.1. The van der Waals surface area contributed by atoms with Crippen molar-refractivity contribution in [3.05, 3.63) is 63.9 Å². The number of benzene rings is 2. The summed E-state index contributed by atoms with van der Waals surface area (Å²) in [5.74, 6) is -0.644. The molecule has 0 spiro atoms. The molecule has 122 valence electrons. The van der Waals surface area contributed by atoms with Crippen LogP contribution < -0.4 is 10.6 Å². The summed E-state index contributed by atoms with van der Waals surface area (Å²) in [5.41, 5.74) is 1.44. The first-order valence-corrected chi connectivity index (χ1v) is 7.99. The topological polar surface area (TPSA) is 45.7 Å². The second-order valence-corrected chi connectivity index (χ2v) is 6.28. The molecule has 0 radical (unpaired) electrons. The molecule has 0 aliphatic rings. The summed E-state index contributed by atoms with van der Waals surface area (Å²) < 4.78 is 13.0. The molecule has 6 heteroatoms. The van der Waals surface area contributed by atoms with Gasteiger partial charge < -0.3 is 10.6 Å². The van der Waals surface area contributed by atoms with Gasteiger partial charge in [0.05, 0.1) is 10.7 Å². The maximum Gasteiger partial charge on any atom is 0.282 e. The Morgan fingerprint density at radius 2 is 1.91 bits per heavy atom. The van der Waals surface area contributed by atoms with Crippen LogP contribution in [0.2, 0.25) is 10.0 Å². The number of amides is 1. The predicted octanol–water partition coefficient (Wildman–Crippen LogP) is 3.78. The van der Waals surface area contributed by atoms with E-state index in [2.05, 4.69) is 5.32 Å². The van der Waals surface area contributed by atoms with Gasteiger partial charge in [0.25, 0.3) is 5.91 Å². The molecule has 0 aromatic heterocycles. The summed E-state index contributed by atoms with van der Waals surface area (Å²) in [4.78, 5) is 12.3. The lowest BCUT2D eigenvalue weighted by Gasteiger charge is -2.17. The lowest BCUT2D eigenvalue weighted by Crippen LogP contribution is -2.91. The van der Waals surface area contributed by atoms with E-state index in [4.69, 9.17) is 23.2 Å². The number of anilines is 1. The summed E-state index contributed by atoms with van der Waals surface area (Å²) in [6.07, 6.45) is 0. The number of rotatable bonds is 5. The maximum absolute atomic E-state index is 13.0. The molecule has 0 bridgehead atoms. The molecule has 0 aliphatic carbocycles. The molecule has 1 amide bonds. The standard InChI is InChI=1S/C17H17Cl2FN2O/c1-10(12-4-3-5-13(18)8-12)21-11(2)17(23)22-16-7-6-14(20)9-15(16)19/h3-11,21H,1-2H3,(H,22,23)/p+1/t10-,11-/m0/s1. The minimum atomic E-state index is -0.442. The van der Waals surface area contributed by atoms with E-state index in [1.54, 1.807) is 6.92 Å². The third kappa shape index (κ3) is 4.93. The van der Waals surface area contributed by atoms with Crippen LogP contribution in [-0.2, 0) is 4.79 Å². The second-order valence-electron chi connectivity index (χ2n) is 5.44. The molecule has 0 unspecified atom stereocenters. The van der Waals surface area contributed by atoms with Gasteiger partial charge in [-0.15, -0.1) is 0 Å². The fourth-order valence-electron chi connectivity index (χ4n) is 2.26. The number of carbonyl (C=O) groups excluding carboxylic acids is 1. The van der Waals surface area contributed by atoms with Gasteiger partial charge >= 0.3 is 0 Å². The Bertz CT molecular complexity index is 709. The SMILES string of the molecule is C[C@H]([NH2+][C@@H](C)c1cccc(Cl)c1)C(=O)Nc1ccc(F)cc1Cl. The van der Waals surface area contributed by atoms with Crippen molar-refractivity contribution in [2.45, 2.75) is 25.9 Å². The fourth-order valence-corrected chi connectivity index (χ4v) is 2.67. The van der Waals surface area contributed by atoms with Crippen molar-refractivity contribution < 1.29 is 14.5 Å². The minimum Gasteiger partial charge on any atom is -0.330 e. The average molecular weight is 356 g/mol. The minimum absolute atomic E-state index is 0.0677. The largest absolute Gasteiger partial charge is 0.330 e. The van der Waals surface area contributed by atoms with Crippen LogP contribution >= 0.6 is 23.2 Å². The van der Waals surface area contributed by atoms with Crippen LogP contribution in [0, 0.1) is 5.82 Å². The smallest absolute Gasteiger partial charge is 0.282 e. The summed E-state index contributed by atoms with van der Waals surface area (Å²) in [6, 6.07) is 11.1. The second kappa shape index (κ2) is 7.77. The Kier molecular flexibility index (Phi) is 5.99. The number of hydrogen-bond donors (Lipinski definition) is 2. The van der Waals surface area contributed by atoms with Crippen LogP contribution in [0.25, 0.3) is 0 Å². The maximum atomic E-state index is 13.0. The molecule has 0 heterocycles. The molecular weight excluding hydrogens is 338 g/mol. The molecule has 0 saturated heterocycles. The summed E-state index contributed by atoms with van der Waals surface area (Å²) in [7, 11) is 0. The first-order chi connectivity index (χ1) is 10.9. The van der Waals surface area contributed by atoms with Gasteiger partial charge in [-0.1, -0.05) is 35.3 Å². The number of quaternary nitrogens is 1. The first kappa shape index (κ1) is 17.7. The summed E-state index contributed by atoms with van der Waals surface area (Å²) >= 11 is 11.9. The third-order valence-corrected chi connectivity index (χ3v) is 4.10. The first-order valence-electron chi connectivity index (χ1n) is 7.23. The van der Waals surface area contributed by atoms with E-state index >= 15 is 0 Å². The van der Waals surface area contributed by atoms with Crippen molar-refractivity contribution in [3.63, 3.8) is 0 Å². The van der Waals surface area contributed by atoms with Crippen LogP contribution in [0.3, 0.4) is 0 Å². The highest BCUT2D eigenvalue weighted by molar-refractivity contribution is 6.33. The van der Waals surface area contributed by atoms with Gasteiger partial charge in [0, 0.05) is 10.6 Å². The highest BCUT2D eigenvalue weighted by Gasteiger charge is 2.21. The van der Waals surface area contributed by atoms with E-state index in [0.29, 0.717) is 10.7 Å². The molecular formula is C17H18Cl2FN2O+. The number of nitrogens with one attached hydrogen (secondary N) is 1. The Balaban J connectivity index is 1.99. The Morgan fingerprint density at radius 1 is 1.17 bits per heavy atom. The van der Waals surface area contributed by atoms with Gasteiger partial charge in [-0.3, -0.25) is 4.79 Å². The van der Waals surface area contributed by atoms with Gasteiger partial charge in [0.1, 0.15) is 11.9 Å². The molecule has 0 saturated carbocycles. The number of carbonyl (C=O) groups is 1. The van der Waals surface area contributed by atoms with Gasteiger partial charge in [-0.2, -0.15) is 0 Å². The number of hydrogen-bond acceptors (Lipinski definition) is 1. The van der Waals surface area contributed by atoms with Crippen molar-refractivity contribution in [2.24, 2.45) is 0 Å². The Morgan fingerprint density at radius 3 is 2.57 bits per heavy atom. The average Bonchev–Trinajstić information content (AvgIpc) is 2.49. The van der Waals surface area contributed by atoms with Gasteiger partial charge in [-0.25, -0.2) is 4.39 Å². The number of nitrogens with two attached hydrogens (primary N) is 1. The van der Waals surface area contributed by atoms with Crippen molar-refractivity contribution in [3.8, 4) is 0 Å². The van der Waals surface area contributed by atoms with Crippen LogP contribution in [0.1, 0.15) is 25.5 Å². The van der Waals surface area contributed by atoms with Crippen molar-refractivity contribution >= 4 is 34.8 Å². The Hall–Kier alpha value is -1.62. The van der Waals surface area contributed by atoms with Crippen LogP contribution in [0.5, 0.6) is 0 Å². The highest BCUT2D eigenvalue weighted by Crippen LogP contribution is 2.22. The van der Waals surface area contributed by atoms with Crippen molar-refractivity contribution in [1.82, 2.24) is 0 Å². The van der Waals surface area contributed by atoms with Crippen LogP contribution in [-0.4, -0.2) is 11.9 Å². The van der Waals surface area contributed by atoms with Gasteiger partial charge in [-0.05, 0) is 44.2 Å². The molecule has 2 atom stereocenters. The third-order valence-electron chi connectivity index (χ3n) is 3.55. The van der Waals surface area contributed by atoms with Crippen LogP contribution in [0.4, 0.5) is 10.1 Å². The van der Waals surface area contributed by atoms with E-state index < -0.39 is 5.82 Å². The van der Waals surface area contributed by atoms with Crippen LogP contribution in [0.15, 0.2) is 42.5 Å². The number of halogens is 3. The van der Waals surface area contributed by atoms with Crippen molar-refractivity contribution in [2.75, 3.05) is 5.32 Å². The molecule has 0 aliphatic heterocycles. The molecule has 2 aromatic rings. The quantitative estimate of drug-likeness (QED) is 0.841. The normalized spacial score (nSPS) is 13.4. The fraction of sp³-hybridized carbons (Fsp3) is 0.235.